The molecule has 1 saturated heterocycles. The minimum Gasteiger partial charge on any atom is -0.337 e. The lowest BCUT2D eigenvalue weighted by molar-refractivity contribution is 0.0681. The smallest absolute Gasteiger partial charge is 0.278 e. The number of likely N-dealkylation sites (tertiary alicyclic amines) is 1. The Morgan fingerprint density at radius 3 is 2.55 bits per heavy atom. The molecule has 1 aromatic heterocycles. The monoisotopic (exact) mass is 393 g/mol. The van der Waals surface area contributed by atoms with Crippen LogP contribution in [0, 0.1) is 11.7 Å². The number of halogens is 1. The van der Waals surface area contributed by atoms with Crippen LogP contribution in [-0.2, 0) is 13.0 Å². The van der Waals surface area contributed by atoms with E-state index in [4.69, 9.17) is 0 Å². The molecule has 150 valence electrons. The summed E-state index contributed by atoms with van der Waals surface area (Å²) in [6, 6.07) is 14.4. The molecule has 1 fully saturated rings. The maximum absolute atomic E-state index is 13.7. The Morgan fingerprint density at radius 1 is 1.14 bits per heavy atom. The zero-order valence-electron chi connectivity index (χ0n) is 16.5. The standard InChI is InChI=1S/C23H24FN3O2/c1-2-27-20-9-8-18(24)15-19(20)22(28)21(25-27)23(29)26-12-10-17(11-13-26)14-16-6-4-3-5-7-16/h3-9,15,17H,2,10-14H2,1H3. The lowest BCUT2D eigenvalue weighted by atomic mass is 9.90. The zero-order valence-corrected chi connectivity index (χ0v) is 16.5. The van der Waals surface area contributed by atoms with Crippen molar-refractivity contribution in [1.82, 2.24) is 14.7 Å². The molecule has 3 aromatic rings. The van der Waals surface area contributed by atoms with E-state index in [1.54, 1.807) is 9.58 Å². The van der Waals surface area contributed by atoms with Crippen LogP contribution in [0.3, 0.4) is 0 Å². The lowest BCUT2D eigenvalue weighted by Gasteiger charge is -2.31. The van der Waals surface area contributed by atoms with Gasteiger partial charge in [0, 0.05) is 19.6 Å². The number of piperidine rings is 1. The van der Waals surface area contributed by atoms with Crippen LogP contribution < -0.4 is 5.43 Å². The molecule has 0 unspecified atom stereocenters. The summed E-state index contributed by atoms with van der Waals surface area (Å²) >= 11 is 0. The minimum absolute atomic E-state index is 0.119. The number of rotatable bonds is 4. The van der Waals surface area contributed by atoms with Gasteiger partial charge in [0.25, 0.3) is 5.91 Å². The van der Waals surface area contributed by atoms with Crippen LogP contribution in [0.5, 0.6) is 0 Å². The highest BCUT2D eigenvalue weighted by molar-refractivity contribution is 5.95. The molecule has 0 atom stereocenters. The fourth-order valence-corrected chi connectivity index (χ4v) is 4.08. The highest BCUT2D eigenvalue weighted by Crippen LogP contribution is 2.22. The number of nitrogens with zero attached hydrogens (tertiary/aromatic N) is 3. The van der Waals surface area contributed by atoms with Gasteiger partial charge in [-0.3, -0.25) is 14.3 Å². The Balaban J connectivity index is 1.54. The highest BCUT2D eigenvalue weighted by Gasteiger charge is 2.27. The molecule has 5 nitrogen and oxygen atoms in total. The van der Waals surface area contributed by atoms with Crippen LogP contribution in [0.4, 0.5) is 4.39 Å². The van der Waals surface area contributed by atoms with Crippen molar-refractivity contribution in [2.75, 3.05) is 13.1 Å². The van der Waals surface area contributed by atoms with Crippen LogP contribution in [0.2, 0.25) is 0 Å². The number of aromatic nitrogens is 2. The third-order valence-electron chi connectivity index (χ3n) is 5.69. The Hall–Kier alpha value is -3.02. The van der Waals surface area contributed by atoms with Crippen molar-refractivity contribution in [3.8, 4) is 0 Å². The molecule has 0 aliphatic carbocycles. The van der Waals surface area contributed by atoms with Crippen molar-refractivity contribution in [2.45, 2.75) is 32.7 Å². The molecular formula is C23H24FN3O2. The summed E-state index contributed by atoms with van der Waals surface area (Å²) in [4.78, 5) is 27.6. The second-order valence-electron chi connectivity index (χ2n) is 7.58. The van der Waals surface area contributed by atoms with E-state index in [0.29, 0.717) is 31.1 Å². The maximum atomic E-state index is 13.7. The molecule has 0 saturated carbocycles. The summed E-state index contributed by atoms with van der Waals surface area (Å²) in [5.41, 5.74) is 1.23. The lowest BCUT2D eigenvalue weighted by Crippen LogP contribution is -2.41. The molecule has 1 amide bonds. The molecule has 2 heterocycles. The molecule has 4 rings (SSSR count). The number of carbonyl (C=O) groups excluding carboxylic acids is 1. The third-order valence-corrected chi connectivity index (χ3v) is 5.69. The van der Waals surface area contributed by atoms with Crippen molar-refractivity contribution in [3.63, 3.8) is 0 Å². The van der Waals surface area contributed by atoms with Crippen molar-refractivity contribution in [3.05, 3.63) is 75.8 Å². The fraction of sp³-hybridized carbons (Fsp3) is 0.348. The van der Waals surface area contributed by atoms with Crippen LogP contribution >= 0.6 is 0 Å². The predicted octanol–water partition coefficient (Wildman–Crippen LogP) is 3.65. The molecule has 29 heavy (non-hydrogen) atoms. The van der Waals surface area contributed by atoms with Crippen molar-refractivity contribution < 1.29 is 9.18 Å². The normalized spacial score (nSPS) is 15.0. The molecule has 0 bridgehead atoms. The number of aryl methyl sites for hydroxylation is 1. The van der Waals surface area contributed by atoms with Gasteiger partial charge in [-0.15, -0.1) is 0 Å². The van der Waals surface area contributed by atoms with Crippen molar-refractivity contribution >= 4 is 16.8 Å². The van der Waals surface area contributed by atoms with Gasteiger partial charge >= 0.3 is 0 Å². The van der Waals surface area contributed by atoms with Gasteiger partial charge in [-0.25, -0.2) is 4.39 Å². The van der Waals surface area contributed by atoms with Crippen LogP contribution in [0.25, 0.3) is 10.9 Å². The predicted molar refractivity (Wildman–Crippen MR) is 110 cm³/mol. The number of carbonyl (C=O) groups is 1. The van der Waals surface area contributed by atoms with E-state index in [-0.39, 0.29) is 17.0 Å². The summed E-state index contributed by atoms with van der Waals surface area (Å²) in [7, 11) is 0. The van der Waals surface area contributed by atoms with E-state index in [1.165, 1.54) is 23.8 Å². The van der Waals surface area contributed by atoms with E-state index in [0.717, 1.165) is 19.3 Å². The summed E-state index contributed by atoms with van der Waals surface area (Å²) in [5.74, 6) is -0.336. The maximum Gasteiger partial charge on any atom is 0.278 e. The molecule has 0 radical (unpaired) electrons. The number of fused-ring (bicyclic) bond motifs is 1. The second kappa shape index (κ2) is 8.15. The molecule has 2 aromatic carbocycles. The van der Waals surface area contributed by atoms with E-state index < -0.39 is 11.2 Å². The van der Waals surface area contributed by atoms with Gasteiger partial charge in [0.1, 0.15) is 5.82 Å². The van der Waals surface area contributed by atoms with Gasteiger partial charge < -0.3 is 4.90 Å². The first-order chi connectivity index (χ1) is 14.1. The molecule has 1 aliphatic rings. The summed E-state index contributed by atoms with van der Waals surface area (Å²) < 4.78 is 15.3. The first-order valence-electron chi connectivity index (χ1n) is 10.1. The Morgan fingerprint density at radius 2 is 1.86 bits per heavy atom. The largest absolute Gasteiger partial charge is 0.337 e. The number of amides is 1. The molecule has 0 N–H and O–H groups in total. The van der Waals surface area contributed by atoms with E-state index in [9.17, 15) is 14.0 Å². The van der Waals surface area contributed by atoms with Gasteiger partial charge in [0.2, 0.25) is 5.43 Å². The summed E-state index contributed by atoms with van der Waals surface area (Å²) in [5, 5.41) is 4.50. The average Bonchev–Trinajstić information content (AvgIpc) is 2.75. The van der Waals surface area contributed by atoms with E-state index in [2.05, 4.69) is 17.2 Å². The first-order valence-corrected chi connectivity index (χ1v) is 10.1. The van der Waals surface area contributed by atoms with Gasteiger partial charge in [-0.1, -0.05) is 30.3 Å². The second-order valence-corrected chi connectivity index (χ2v) is 7.58. The Kier molecular flexibility index (Phi) is 5.43. The van der Waals surface area contributed by atoms with E-state index >= 15 is 0 Å². The molecule has 6 heteroatoms. The summed E-state index contributed by atoms with van der Waals surface area (Å²) in [6.45, 7) is 3.57. The molecule has 0 spiro atoms. The average molecular weight is 393 g/mol. The number of hydrogen-bond donors (Lipinski definition) is 0. The van der Waals surface area contributed by atoms with Gasteiger partial charge in [0.05, 0.1) is 10.9 Å². The highest BCUT2D eigenvalue weighted by atomic mass is 19.1. The molecular weight excluding hydrogens is 369 g/mol. The van der Waals surface area contributed by atoms with Crippen molar-refractivity contribution in [1.29, 1.82) is 0 Å². The van der Waals surface area contributed by atoms with Crippen LogP contribution in [0.15, 0.2) is 53.3 Å². The van der Waals surface area contributed by atoms with Crippen LogP contribution in [0.1, 0.15) is 35.8 Å². The van der Waals surface area contributed by atoms with Crippen LogP contribution in [-0.4, -0.2) is 33.7 Å². The van der Waals surface area contributed by atoms with Gasteiger partial charge in [-0.05, 0) is 55.9 Å². The Labute approximate surface area is 168 Å². The topological polar surface area (TPSA) is 55.2 Å². The number of hydrogen-bond acceptors (Lipinski definition) is 3. The Bertz CT molecular complexity index is 1090. The summed E-state index contributed by atoms with van der Waals surface area (Å²) in [6.07, 6.45) is 2.79. The van der Waals surface area contributed by atoms with Gasteiger partial charge in [0.15, 0.2) is 5.69 Å². The zero-order chi connectivity index (χ0) is 20.4. The SMILES string of the molecule is CCn1nc(C(=O)N2CCC(Cc3ccccc3)CC2)c(=O)c2cc(F)ccc21. The quantitative estimate of drug-likeness (QED) is 0.680. The van der Waals surface area contributed by atoms with Crippen molar-refractivity contribution in [2.24, 2.45) is 5.92 Å². The fourth-order valence-electron chi connectivity index (χ4n) is 4.08. The molecule has 1 aliphatic heterocycles. The minimum atomic E-state index is -0.499. The van der Waals surface area contributed by atoms with Gasteiger partial charge in [-0.2, -0.15) is 5.10 Å². The number of benzene rings is 2. The first kappa shape index (κ1) is 19.3. The van der Waals surface area contributed by atoms with E-state index in [1.807, 2.05) is 25.1 Å². The third kappa shape index (κ3) is 3.92.